The Morgan fingerprint density at radius 3 is 2.68 bits per heavy atom. The van der Waals surface area contributed by atoms with Gasteiger partial charge in [-0.1, -0.05) is 19.9 Å². The summed E-state index contributed by atoms with van der Waals surface area (Å²) < 4.78 is 0. The summed E-state index contributed by atoms with van der Waals surface area (Å²) >= 11 is 1.67. The number of thiazole rings is 1. The van der Waals surface area contributed by atoms with Crippen molar-refractivity contribution in [1.82, 2.24) is 10.3 Å². The molecule has 0 saturated carbocycles. The van der Waals surface area contributed by atoms with Gasteiger partial charge in [0.2, 0.25) is 0 Å². The molecule has 0 spiro atoms. The summed E-state index contributed by atoms with van der Waals surface area (Å²) in [5.74, 6) is 0.354. The van der Waals surface area contributed by atoms with Gasteiger partial charge in [0.1, 0.15) is 0 Å². The number of aromatic nitrogens is 1. The van der Waals surface area contributed by atoms with Gasteiger partial charge in [0.05, 0.1) is 10.7 Å². The topological polar surface area (TPSA) is 68.0 Å². The Hall–Kier alpha value is -1.30. The van der Waals surface area contributed by atoms with Crippen LogP contribution in [-0.4, -0.2) is 17.4 Å². The molecule has 1 heterocycles. The minimum Gasteiger partial charge on any atom is -0.399 e. The predicted octanol–water partition coefficient (Wildman–Crippen LogP) is 3.66. The van der Waals surface area contributed by atoms with E-state index in [1.165, 1.54) is 0 Å². The zero-order chi connectivity index (χ0) is 14.5. The Kier molecular flexibility index (Phi) is 9.09. The Balaban J connectivity index is 0.00000220. The van der Waals surface area contributed by atoms with Crippen molar-refractivity contribution in [2.75, 3.05) is 12.3 Å². The molecule has 1 aromatic heterocycles. The van der Waals surface area contributed by atoms with Crippen molar-refractivity contribution in [3.63, 3.8) is 0 Å². The number of nitrogens with one attached hydrogen (secondary N) is 1. The second kappa shape index (κ2) is 9.66. The quantitative estimate of drug-likeness (QED) is 0.798. The molecule has 0 radical (unpaired) electrons. The standard InChI is InChI=1S/C15H19N3OS.2ClH/c1-10(2)15-18-13(9-20-15)6-7-17-14(19)11-4-3-5-12(16)8-11;;/h3-5,8-10H,6-7,16H2,1-2H3,(H,17,19);2*1H. The highest BCUT2D eigenvalue weighted by Gasteiger charge is 2.07. The van der Waals surface area contributed by atoms with Crippen LogP contribution in [0.5, 0.6) is 0 Å². The lowest BCUT2D eigenvalue weighted by Crippen LogP contribution is -2.25. The summed E-state index contributed by atoms with van der Waals surface area (Å²) in [6, 6.07) is 6.97. The van der Waals surface area contributed by atoms with E-state index in [1.807, 2.05) is 0 Å². The van der Waals surface area contributed by atoms with Crippen LogP contribution in [0.4, 0.5) is 5.69 Å². The smallest absolute Gasteiger partial charge is 0.251 e. The third kappa shape index (κ3) is 5.83. The highest BCUT2D eigenvalue weighted by Crippen LogP contribution is 2.19. The molecule has 22 heavy (non-hydrogen) atoms. The van der Waals surface area contributed by atoms with Crippen molar-refractivity contribution >= 4 is 47.7 Å². The summed E-state index contributed by atoms with van der Waals surface area (Å²) in [5, 5.41) is 6.08. The number of nitrogens with two attached hydrogens (primary N) is 1. The lowest BCUT2D eigenvalue weighted by molar-refractivity contribution is 0.0954. The second-order valence-electron chi connectivity index (χ2n) is 4.96. The van der Waals surface area contributed by atoms with Gasteiger partial charge in [-0.3, -0.25) is 4.79 Å². The summed E-state index contributed by atoms with van der Waals surface area (Å²) in [5.41, 5.74) is 7.88. The van der Waals surface area contributed by atoms with Gasteiger partial charge in [-0.25, -0.2) is 4.98 Å². The number of anilines is 1. The van der Waals surface area contributed by atoms with Gasteiger partial charge in [-0.15, -0.1) is 36.2 Å². The Labute approximate surface area is 147 Å². The minimum atomic E-state index is -0.100. The van der Waals surface area contributed by atoms with E-state index in [0.29, 0.717) is 23.7 Å². The Bertz CT molecular complexity index is 602. The number of nitrogen functional groups attached to an aromatic ring is 1. The van der Waals surface area contributed by atoms with Crippen LogP contribution in [0.25, 0.3) is 0 Å². The van der Waals surface area contributed by atoms with E-state index in [2.05, 4.69) is 29.5 Å². The van der Waals surface area contributed by atoms with Gasteiger partial charge in [0, 0.05) is 35.5 Å². The van der Waals surface area contributed by atoms with E-state index < -0.39 is 0 Å². The molecule has 7 heteroatoms. The molecule has 1 aromatic carbocycles. The second-order valence-corrected chi connectivity index (χ2v) is 5.85. The van der Waals surface area contributed by atoms with Crippen LogP contribution in [0.15, 0.2) is 29.6 Å². The molecule has 0 saturated heterocycles. The fraction of sp³-hybridized carbons (Fsp3) is 0.333. The molecule has 2 aromatic rings. The maximum absolute atomic E-state index is 11.9. The van der Waals surface area contributed by atoms with E-state index in [-0.39, 0.29) is 30.7 Å². The SMILES string of the molecule is CC(C)c1nc(CCNC(=O)c2cccc(N)c2)cs1.Cl.Cl. The third-order valence-electron chi connectivity index (χ3n) is 2.88. The summed E-state index contributed by atoms with van der Waals surface area (Å²) in [6.07, 6.45) is 0.747. The van der Waals surface area contributed by atoms with Crippen LogP contribution < -0.4 is 11.1 Å². The average Bonchev–Trinajstić information content (AvgIpc) is 2.87. The van der Waals surface area contributed by atoms with Crippen molar-refractivity contribution in [1.29, 1.82) is 0 Å². The van der Waals surface area contributed by atoms with Gasteiger partial charge in [0.25, 0.3) is 5.91 Å². The average molecular weight is 362 g/mol. The fourth-order valence-electron chi connectivity index (χ4n) is 1.79. The number of benzene rings is 1. The first-order chi connectivity index (χ1) is 9.56. The molecule has 0 fully saturated rings. The van der Waals surface area contributed by atoms with Gasteiger partial charge in [-0.05, 0) is 18.2 Å². The maximum atomic E-state index is 11.9. The molecule has 2 rings (SSSR count). The molecule has 0 aliphatic heterocycles. The molecular weight excluding hydrogens is 341 g/mol. The molecule has 0 bridgehead atoms. The molecule has 0 unspecified atom stereocenters. The first-order valence-corrected chi connectivity index (χ1v) is 7.52. The van der Waals surface area contributed by atoms with Gasteiger partial charge in [-0.2, -0.15) is 0 Å². The van der Waals surface area contributed by atoms with Gasteiger partial charge < -0.3 is 11.1 Å². The van der Waals surface area contributed by atoms with Crippen LogP contribution in [0.2, 0.25) is 0 Å². The van der Waals surface area contributed by atoms with Gasteiger partial charge in [0.15, 0.2) is 0 Å². The van der Waals surface area contributed by atoms with Crippen LogP contribution >= 0.6 is 36.2 Å². The van der Waals surface area contributed by atoms with Crippen molar-refractivity contribution in [3.05, 3.63) is 45.9 Å². The van der Waals surface area contributed by atoms with Crippen molar-refractivity contribution in [3.8, 4) is 0 Å². The molecular formula is C15H21Cl2N3OS. The molecule has 0 aliphatic carbocycles. The minimum absolute atomic E-state index is 0. The summed E-state index contributed by atoms with van der Waals surface area (Å²) in [4.78, 5) is 16.5. The predicted molar refractivity (Wildman–Crippen MR) is 97.6 cm³/mol. The van der Waals surface area contributed by atoms with Crippen molar-refractivity contribution in [2.45, 2.75) is 26.2 Å². The number of hydrogen-bond donors (Lipinski definition) is 2. The monoisotopic (exact) mass is 361 g/mol. The number of hydrogen-bond acceptors (Lipinski definition) is 4. The molecule has 0 atom stereocenters. The largest absolute Gasteiger partial charge is 0.399 e. The molecule has 4 nitrogen and oxygen atoms in total. The fourth-order valence-corrected chi connectivity index (χ4v) is 2.66. The number of carbonyl (C=O) groups is 1. The zero-order valence-corrected chi connectivity index (χ0v) is 15.0. The summed E-state index contributed by atoms with van der Waals surface area (Å²) in [6.45, 7) is 4.84. The Morgan fingerprint density at radius 1 is 1.36 bits per heavy atom. The third-order valence-corrected chi connectivity index (χ3v) is 4.07. The summed E-state index contributed by atoms with van der Waals surface area (Å²) in [7, 11) is 0. The lowest BCUT2D eigenvalue weighted by Gasteiger charge is -2.04. The number of nitrogens with zero attached hydrogens (tertiary/aromatic N) is 1. The molecule has 122 valence electrons. The van der Waals surface area contributed by atoms with E-state index in [0.717, 1.165) is 17.1 Å². The van der Waals surface area contributed by atoms with Crippen LogP contribution in [-0.2, 0) is 6.42 Å². The first kappa shape index (κ1) is 20.7. The van der Waals surface area contributed by atoms with Gasteiger partial charge >= 0.3 is 0 Å². The van der Waals surface area contributed by atoms with E-state index in [4.69, 9.17) is 5.73 Å². The van der Waals surface area contributed by atoms with Crippen molar-refractivity contribution in [2.24, 2.45) is 0 Å². The van der Waals surface area contributed by atoms with Crippen LogP contribution in [0.3, 0.4) is 0 Å². The normalized spacial score (nSPS) is 9.77. The number of amides is 1. The lowest BCUT2D eigenvalue weighted by atomic mass is 10.2. The van der Waals surface area contributed by atoms with Crippen LogP contribution in [0.1, 0.15) is 40.8 Å². The van der Waals surface area contributed by atoms with Crippen LogP contribution in [0, 0.1) is 0 Å². The maximum Gasteiger partial charge on any atom is 0.251 e. The van der Waals surface area contributed by atoms with E-state index in [1.54, 1.807) is 35.6 Å². The zero-order valence-electron chi connectivity index (χ0n) is 12.5. The van der Waals surface area contributed by atoms with Crippen molar-refractivity contribution < 1.29 is 4.79 Å². The molecule has 3 N–H and O–H groups in total. The number of halogens is 2. The number of rotatable bonds is 5. The highest BCUT2D eigenvalue weighted by molar-refractivity contribution is 7.09. The number of carbonyl (C=O) groups excluding carboxylic acids is 1. The molecule has 0 aliphatic rings. The molecule has 1 amide bonds. The first-order valence-electron chi connectivity index (χ1n) is 6.64. The highest BCUT2D eigenvalue weighted by atomic mass is 35.5. The van der Waals surface area contributed by atoms with E-state index >= 15 is 0 Å². The van der Waals surface area contributed by atoms with E-state index in [9.17, 15) is 4.79 Å². The Morgan fingerprint density at radius 2 is 2.09 bits per heavy atom.